The number of ether oxygens (including phenoxy) is 1. The Balaban J connectivity index is 1.19. The van der Waals surface area contributed by atoms with E-state index in [1.54, 1.807) is 18.5 Å². The molecule has 2 aromatic heterocycles. The van der Waals surface area contributed by atoms with Gasteiger partial charge in [0.05, 0.1) is 18.1 Å². The Kier molecular flexibility index (Phi) is 7.69. The molecule has 3 heterocycles. The third kappa shape index (κ3) is 6.55. The number of piperidine rings is 1. The van der Waals surface area contributed by atoms with Crippen LogP contribution in [0.3, 0.4) is 0 Å². The van der Waals surface area contributed by atoms with Crippen molar-refractivity contribution in [3.05, 3.63) is 54.5 Å². The van der Waals surface area contributed by atoms with Gasteiger partial charge in [0, 0.05) is 36.8 Å². The van der Waals surface area contributed by atoms with E-state index in [0.717, 1.165) is 57.3 Å². The number of nitrogens with zero attached hydrogens (tertiary/aromatic N) is 4. The van der Waals surface area contributed by atoms with Crippen LogP contribution in [0.15, 0.2) is 53.2 Å². The maximum atomic E-state index is 12.4. The highest BCUT2D eigenvalue weighted by atomic mass is 19.4. The Morgan fingerprint density at radius 1 is 0.974 bits per heavy atom. The number of nitriles is 1. The molecule has 1 unspecified atom stereocenters. The zero-order chi connectivity index (χ0) is 26.5. The fourth-order valence-corrected chi connectivity index (χ4v) is 5.25. The topological polar surface area (TPSA) is 99.2 Å². The van der Waals surface area contributed by atoms with E-state index in [9.17, 15) is 13.2 Å². The molecule has 1 saturated carbocycles. The highest BCUT2D eigenvalue weighted by Crippen LogP contribution is 2.30. The molecule has 2 N–H and O–H groups in total. The van der Waals surface area contributed by atoms with E-state index < -0.39 is 6.36 Å². The highest BCUT2D eigenvalue weighted by Gasteiger charge is 2.32. The van der Waals surface area contributed by atoms with Crippen LogP contribution in [0.4, 0.5) is 24.9 Å². The van der Waals surface area contributed by atoms with Crippen LogP contribution >= 0.6 is 0 Å². The van der Waals surface area contributed by atoms with Crippen molar-refractivity contribution in [3.8, 4) is 23.1 Å². The minimum atomic E-state index is -4.73. The maximum Gasteiger partial charge on any atom is 0.573 e. The highest BCUT2D eigenvalue weighted by molar-refractivity contribution is 5.58. The third-order valence-corrected chi connectivity index (χ3v) is 7.05. The molecule has 2 fully saturated rings. The lowest BCUT2D eigenvalue weighted by atomic mass is 9.89. The summed E-state index contributed by atoms with van der Waals surface area (Å²) < 4.78 is 47.1. The lowest BCUT2D eigenvalue weighted by molar-refractivity contribution is -0.274. The molecule has 1 saturated heterocycles. The van der Waals surface area contributed by atoms with Crippen molar-refractivity contribution in [1.29, 1.82) is 5.26 Å². The number of aromatic nitrogens is 2. The van der Waals surface area contributed by atoms with Crippen molar-refractivity contribution in [2.45, 2.75) is 63.0 Å². The predicted molar refractivity (Wildman–Crippen MR) is 136 cm³/mol. The Hall–Kier alpha value is -3.78. The zero-order valence-electron chi connectivity index (χ0n) is 20.7. The first-order valence-electron chi connectivity index (χ1n) is 12.8. The second-order valence-electron chi connectivity index (χ2n) is 9.71. The van der Waals surface area contributed by atoms with Crippen LogP contribution in [0, 0.1) is 11.3 Å². The predicted octanol–water partition coefficient (Wildman–Crippen LogP) is 5.49. The number of hydrogen-bond acceptors (Lipinski definition) is 8. The number of hydrogen-bond donors (Lipinski definition) is 2. The minimum absolute atomic E-state index is 0.143. The molecule has 8 nitrogen and oxygen atoms in total. The number of nitrogens with one attached hydrogen (secondary N) is 2. The van der Waals surface area contributed by atoms with E-state index in [0.29, 0.717) is 29.1 Å². The van der Waals surface area contributed by atoms with Crippen LogP contribution in [0.2, 0.25) is 0 Å². The monoisotopic (exact) mass is 526 g/mol. The average molecular weight is 527 g/mol. The van der Waals surface area contributed by atoms with Gasteiger partial charge >= 0.3 is 6.36 Å². The Morgan fingerprint density at radius 2 is 1.76 bits per heavy atom. The standard InChI is InChI=1S/C27H29F3N6O2/c28-27(29,30)38-22-11-7-18(8-12-22)25-16-33-26(37-25)35-24-6-2-1-5-23(24)34-20-4-3-13-36(17-20)21-10-9-19(14-31)32-15-21/h7-12,15-16,20,23-24,34H,1-6,13,17H2,(H,33,35)/t20-,23+,24?/m0/s1. The number of oxazole rings is 1. The van der Waals surface area contributed by atoms with Gasteiger partial charge in [-0.2, -0.15) is 5.26 Å². The quantitative estimate of drug-likeness (QED) is 0.417. The first-order valence-corrected chi connectivity index (χ1v) is 12.8. The Bertz CT molecular complexity index is 1240. The summed E-state index contributed by atoms with van der Waals surface area (Å²) in [6.45, 7) is 1.83. The number of benzene rings is 1. The van der Waals surface area contributed by atoms with Crippen LogP contribution in [-0.4, -0.2) is 47.5 Å². The molecule has 200 valence electrons. The molecule has 1 aliphatic heterocycles. The van der Waals surface area contributed by atoms with Gasteiger partial charge in [-0.25, -0.2) is 9.97 Å². The van der Waals surface area contributed by atoms with E-state index in [1.165, 1.54) is 24.3 Å². The molecule has 1 aromatic carbocycles. The van der Waals surface area contributed by atoms with Gasteiger partial charge in [0.2, 0.25) is 0 Å². The summed E-state index contributed by atoms with van der Waals surface area (Å²) in [5.74, 6) is 0.178. The summed E-state index contributed by atoms with van der Waals surface area (Å²) in [5, 5.41) is 16.3. The number of alkyl halides is 3. The molecule has 2 aliphatic rings. The molecule has 0 spiro atoms. The summed E-state index contributed by atoms with van der Waals surface area (Å²) in [6.07, 6.45) is 5.04. The van der Waals surface area contributed by atoms with Gasteiger partial charge in [-0.15, -0.1) is 13.2 Å². The van der Waals surface area contributed by atoms with Gasteiger partial charge in [0.1, 0.15) is 17.5 Å². The largest absolute Gasteiger partial charge is 0.573 e. The average Bonchev–Trinajstić information content (AvgIpc) is 3.38. The number of halogens is 3. The molecule has 11 heteroatoms. The normalized spacial score (nSPS) is 22.1. The second kappa shape index (κ2) is 11.3. The fourth-order valence-electron chi connectivity index (χ4n) is 5.25. The maximum absolute atomic E-state index is 12.4. The Morgan fingerprint density at radius 3 is 2.47 bits per heavy atom. The van der Waals surface area contributed by atoms with E-state index in [4.69, 9.17) is 9.68 Å². The van der Waals surface area contributed by atoms with Gasteiger partial charge in [0.15, 0.2) is 5.76 Å². The molecule has 3 atom stereocenters. The van der Waals surface area contributed by atoms with Crippen molar-refractivity contribution < 1.29 is 22.3 Å². The van der Waals surface area contributed by atoms with Crippen LogP contribution in [0.1, 0.15) is 44.2 Å². The summed E-state index contributed by atoms with van der Waals surface area (Å²) in [7, 11) is 0. The third-order valence-electron chi connectivity index (χ3n) is 7.05. The smallest absolute Gasteiger partial charge is 0.424 e. The van der Waals surface area contributed by atoms with E-state index >= 15 is 0 Å². The molecule has 0 amide bonds. The van der Waals surface area contributed by atoms with E-state index in [2.05, 4.69) is 36.3 Å². The molecular formula is C27H29F3N6O2. The van der Waals surface area contributed by atoms with Gasteiger partial charge in [-0.1, -0.05) is 12.8 Å². The second-order valence-corrected chi connectivity index (χ2v) is 9.71. The van der Waals surface area contributed by atoms with Crippen LogP contribution < -0.4 is 20.3 Å². The van der Waals surface area contributed by atoms with Crippen molar-refractivity contribution >= 4 is 11.7 Å². The molecule has 0 radical (unpaired) electrons. The van der Waals surface area contributed by atoms with E-state index in [-0.39, 0.29) is 17.8 Å². The number of anilines is 2. The van der Waals surface area contributed by atoms with Crippen molar-refractivity contribution in [1.82, 2.24) is 15.3 Å². The van der Waals surface area contributed by atoms with Crippen LogP contribution in [0.5, 0.6) is 5.75 Å². The molecule has 1 aliphatic carbocycles. The molecule has 0 bridgehead atoms. The fraction of sp³-hybridized carbons (Fsp3) is 0.444. The molecule has 38 heavy (non-hydrogen) atoms. The minimum Gasteiger partial charge on any atom is -0.424 e. The van der Waals surface area contributed by atoms with Gasteiger partial charge in [-0.3, -0.25) is 0 Å². The number of rotatable bonds is 7. The summed E-state index contributed by atoms with van der Waals surface area (Å²) >= 11 is 0. The summed E-state index contributed by atoms with van der Waals surface area (Å²) in [6, 6.07) is 12.4. The molecular weight excluding hydrogens is 497 g/mol. The van der Waals surface area contributed by atoms with Crippen molar-refractivity contribution in [2.24, 2.45) is 0 Å². The van der Waals surface area contributed by atoms with Gasteiger partial charge < -0.3 is 24.7 Å². The zero-order valence-corrected chi connectivity index (χ0v) is 20.7. The lowest BCUT2D eigenvalue weighted by Gasteiger charge is -2.40. The lowest BCUT2D eigenvalue weighted by Crippen LogP contribution is -2.54. The first kappa shape index (κ1) is 25.9. The van der Waals surface area contributed by atoms with Crippen molar-refractivity contribution in [3.63, 3.8) is 0 Å². The van der Waals surface area contributed by atoms with E-state index in [1.807, 2.05) is 6.07 Å². The van der Waals surface area contributed by atoms with Gasteiger partial charge in [-0.05, 0) is 62.1 Å². The Labute approximate surface area is 218 Å². The first-order chi connectivity index (χ1) is 18.4. The van der Waals surface area contributed by atoms with Crippen LogP contribution in [-0.2, 0) is 0 Å². The van der Waals surface area contributed by atoms with Crippen molar-refractivity contribution in [2.75, 3.05) is 23.3 Å². The molecule has 5 rings (SSSR count). The summed E-state index contributed by atoms with van der Waals surface area (Å²) in [5.41, 5.74) is 2.05. The number of pyridine rings is 1. The van der Waals surface area contributed by atoms with Crippen LogP contribution in [0.25, 0.3) is 11.3 Å². The SMILES string of the molecule is N#Cc1ccc(N2CCC[C@H](N[C@@H]3CCCCC3Nc3ncc(-c4ccc(OC(F)(F)F)cc4)o3)C2)cn1. The molecule has 3 aromatic rings. The summed E-state index contributed by atoms with van der Waals surface area (Å²) in [4.78, 5) is 10.9. The van der Waals surface area contributed by atoms with Gasteiger partial charge in [0.25, 0.3) is 6.01 Å².